The van der Waals surface area contributed by atoms with Crippen LogP contribution in [-0.2, 0) is 14.3 Å². The number of ketones is 1. The van der Waals surface area contributed by atoms with Crippen LogP contribution in [0.3, 0.4) is 0 Å². The Bertz CT molecular complexity index is 871. The molecule has 0 spiro atoms. The van der Waals surface area contributed by atoms with Crippen LogP contribution in [-0.4, -0.2) is 55.6 Å². The van der Waals surface area contributed by atoms with Gasteiger partial charge in [0.1, 0.15) is 18.3 Å². The number of benzene rings is 2. The summed E-state index contributed by atoms with van der Waals surface area (Å²) in [5, 5.41) is 2.77. The van der Waals surface area contributed by atoms with E-state index in [4.69, 9.17) is 4.74 Å². The van der Waals surface area contributed by atoms with Crippen molar-refractivity contribution in [2.24, 2.45) is 5.92 Å². The number of anilines is 1. The number of amides is 1. The van der Waals surface area contributed by atoms with Gasteiger partial charge in [0.05, 0.1) is 5.56 Å². The van der Waals surface area contributed by atoms with Crippen molar-refractivity contribution in [2.75, 3.05) is 38.3 Å². The van der Waals surface area contributed by atoms with E-state index >= 15 is 0 Å². The number of Topliss-reactive ketones (excluding diaryl/α,β-unsaturated/α-hetero) is 1. The van der Waals surface area contributed by atoms with Gasteiger partial charge in [-0.25, -0.2) is 4.79 Å². The van der Waals surface area contributed by atoms with Crippen molar-refractivity contribution in [1.82, 2.24) is 4.90 Å². The average molecular weight is 429 g/mol. The van der Waals surface area contributed by atoms with E-state index in [0.717, 1.165) is 5.56 Å². The van der Waals surface area contributed by atoms with Gasteiger partial charge in [-0.2, -0.15) is 12.6 Å². The summed E-state index contributed by atoms with van der Waals surface area (Å²) >= 11 is 4.37. The van der Waals surface area contributed by atoms with Crippen molar-refractivity contribution in [1.29, 1.82) is 0 Å². The molecule has 0 bridgehead atoms. The highest BCUT2D eigenvalue weighted by atomic mass is 32.1. The molecule has 0 fully saturated rings. The number of carbonyl (C=O) groups is 3. The van der Waals surface area contributed by atoms with Crippen molar-refractivity contribution in [3.05, 3.63) is 65.7 Å². The third-order valence-electron chi connectivity index (χ3n) is 4.68. The molecule has 0 aliphatic rings. The van der Waals surface area contributed by atoms with Crippen LogP contribution in [0.2, 0.25) is 0 Å². The number of carbonyl (C=O) groups excluding carboxylic acids is 3. The number of rotatable bonds is 10. The van der Waals surface area contributed by atoms with Crippen LogP contribution < -0.4 is 5.32 Å². The average Bonchev–Trinajstić information content (AvgIpc) is 2.71. The third kappa shape index (κ3) is 6.71. The molecule has 7 heteroatoms. The molecule has 0 aliphatic heterocycles. The summed E-state index contributed by atoms with van der Waals surface area (Å²) in [6.45, 7) is 2.30. The SMILES string of the molecule is CC(=O)C(C(=O)Nc1cccc(C(=O)OCCN(C)C)c1)C(CS)c1ccccc1. The Morgan fingerprint density at radius 1 is 1.07 bits per heavy atom. The van der Waals surface area contributed by atoms with Crippen LogP contribution >= 0.6 is 12.6 Å². The lowest BCUT2D eigenvalue weighted by molar-refractivity contribution is -0.130. The molecule has 1 N–H and O–H groups in total. The number of nitrogens with one attached hydrogen (secondary N) is 1. The van der Waals surface area contributed by atoms with E-state index in [1.165, 1.54) is 6.92 Å². The zero-order valence-corrected chi connectivity index (χ0v) is 18.4. The summed E-state index contributed by atoms with van der Waals surface area (Å²) in [5.74, 6) is -2.03. The number of hydrogen-bond acceptors (Lipinski definition) is 6. The van der Waals surface area contributed by atoms with Gasteiger partial charge in [0.25, 0.3) is 0 Å². The van der Waals surface area contributed by atoms with E-state index in [1.54, 1.807) is 24.3 Å². The molecule has 2 unspecified atom stereocenters. The Balaban J connectivity index is 2.14. The Morgan fingerprint density at radius 3 is 2.37 bits per heavy atom. The molecule has 2 aromatic carbocycles. The van der Waals surface area contributed by atoms with Gasteiger partial charge in [-0.05, 0) is 50.5 Å². The van der Waals surface area contributed by atoms with Crippen LogP contribution in [0.15, 0.2) is 54.6 Å². The molecule has 2 rings (SSSR count). The zero-order chi connectivity index (χ0) is 22.1. The standard InChI is InChI=1S/C23H28N2O4S/c1-16(26)21(20(15-30)17-8-5-4-6-9-17)22(27)24-19-11-7-10-18(14-19)23(28)29-13-12-25(2)3/h4-11,14,20-21,30H,12-13,15H2,1-3H3,(H,24,27). The Hall–Kier alpha value is -2.64. The molecule has 0 radical (unpaired) electrons. The van der Waals surface area contributed by atoms with E-state index in [-0.39, 0.29) is 18.3 Å². The highest BCUT2D eigenvalue weighted by Crippen LogP contribution is 2.28. The monoisotopic (exact) mass is 428 g/mol. The predicted octanol–water partition coefficient (Wildman–Crippen LogP) is 3.26. The van der Waals surface area contributed by atoms with Crippen LogP contribution in [0.1, 0.15) is 28.8 Å². The molecular formula is C23H28N2O4S. The number of ether oxygens (including phenoxy) is 1. The van der Waals surface area contributed by atoms with E-state index in [9.17, 15) is 14.4 Å². The van der Waals surface area contributed by atoms with Gasteiger partial charge in [0.15, 0.2) is 0 Å². The van der Waals surface area contributed by atoms with Gasteiger partial charge in [-0.1, -0.05) is 36.4 Å². The van der Waals surface area contributed by atoms with Crippen LogP contribution in [0.4, 0.5) is 5.69 Å². The second-order valence-corrected chi connectivity index (χ2v) is 7.66. The Morgan fingerprint density at radius 2 is 1.77 bits per heavy atom. The second kappa shape index (κ2) is 11.5. The normalized spacial score (nSPS) is 12.8. The fourth-order valence-electron chi connectivity index (χ4n) is 3.10. The summed E-state index contributed by atoms with van der Waals surface area (Å²) < 4.78 is 5.24. The summed E-state index contributed by atoms with van der Waals surface area (Å²) in [4.78, 5) is 39.4. The highest BCUT2D eigenvalue weighted by molar-refractivity contribution is 7.80. The zero-order valence-electron chi connectivity index (χ0n) is 17.5. The fourth-order valence-corrected chi connectivity index (χ4v) is 3.52. The lowest BCUT2D eigenvalue weighted by atomic mass is 9.84. The largest absolute Gasteiger partial charge is 0.461 e. The summed E-state index contributed by atoms with van der Waals surface area (Å²) in [6, 6.07) is 15.9. The molecule has 2 atom stereocenters. The van der Waals surface area contributed by atoms with Gasteiger partial charge in [-0.15, -0.1) is 0 Å². The Labute approximate surface area is 183 Å². The number of nitrogens with zero attached hydrogens (tertiary/aromatic N) is 1. The van der Waals surface area contributed by atoms with Gasteiger partial charge in [0.2, 0.25) is 5.91 Å². The minimum atomic E-state index is -0.888. The smallest absolute Gasteiger partial charge is 0.338 e. The van der Waals surface area contributed by atoms with E-state index in [0.29, 0.717) is 23.5 Å². The first-order chi connectivity index (χ1) is 14.3. The van der Waals surface area contributed by atoms with Gasteiger partial charge in [-0.3, -0.25) is 9.59 Å². The number of esters is 1. The maximum atomic E-state index is 13.0. The molecule has 0 saturated heterocycles. The molecule has 2 aromatic rings. The summed E-state index contributed by atoms with van der Waals surface area (Å²) in [5.41, 5.74) is 1.64. The number of thiol groups is 1. The minimum absolute atomic E-state index is 0.241. The maximum absolute atomic E-state index is 13.0. The molecule has 1 amide bonds. The first kappa shape index (κ1) is 23.6. The summed E-state index contributed by atoms with van der Waals surface area (Å²) in [7, 11) is 3.78. The van der Waals surface area contributed by atoms with Crippen molar-refractivity contribution < 1.29 is 19.1 Å². The van der Waals surface area contributed by atoms with E-state index in [1.807, 2.05) is 49.3 Å². The maximum Gasteiger partial charge on any atom is 0.338 e. The molecular weight excluding hydrogens is 400 g/mol. The molecule has 0 heterocycles. The van der Waals surface area contributed by atoms with E-state index < -0.39 is 17.8 Å². The van der Waals surface area contributed by atoms with Gasteiger partial charge >= 0.3 is 5.97 Å². The van der Waals surface area contributed by atoms with E-state index in [2.05, 4.69) is 17.9 Å². The highest BCUT2D eigenvalue weighted by Gasteiger charge is 2.32. The molecule has 6 nitrogen and oxygen atoms in total. The molecule has 0 aromatic heterocycles. The number of likely N-dealkylation sites (N-methyl/N-ethyl adjacent to an activating group) is 1. The predicted molar refractivity (Wildman–Crippen MR) is 121 cm³/mol. The molecule has 0 saturated carbocycles. The third-order valence-corrected chi connectivity index (χ3v) is 5.08. The minimum Gasteiger partial charge on any atom is -0.461 e. The van der Waals surface area contributed by atoms with Crippen LogP contribution in [0.5, 0.6) is 0 Å². The fraction of sp³-hybridized carbons (Fsp3) is 0.348. The molecule has 0 aliphatic carbocycles. The van der Waals surface area contributed by atoms with Crippen molar-refractivity contribution in [2.45, 2.75) is 12.8 Å². The topological polar surface area (TPSA) is 75.7 Å². The first-order valence-corrected chi connectivity index (χ1v) is 10.4. The molecule has 160 valence electrons. The Kier molecular flexibility index (Phi) is 9.08. The van der Waals surface area contributed by atoms with Crippen LogP contribution in [0, 0.1) is 5.92 Å². The van der Waals surface area contributed by atoms with Gasteiger partial charge in [0, 0.05) is 18.2 Å². The van der Waals surface area contributed by atoms with Crippen molar-refractivity contribution in [3.8, 4) is 0 Å². The molecule has 30 heavy (non-hydrogen) atoms. The van der Waals surface area contributed by atoms with Crippen molar-refractivity contribution >= 4 is 36.0 Å². The second-order valence-electron chi connectivity index (χ2n) is 7.30. The number of hydrogen-bond donors (Lipinski definition) is 2. The van der Waals surface area contributed by atoms with Gasteiger partial charge < -0.3 is 15.0 Å². The lowest BCUT2D eigenvalue weighted by Gasteiger charge is -2.23. The lowest BCUT2D eigenvalue weighted by Crippen LogP contribution is -2.34. The quantitative estimate of drug-likeness (QED) is 0.345. The van der Waals surface area contributed by atoms with Crippen LogP contribution in [0.25, 0.3) is 0 Å². The first-order valence-electron chi connectivity index (χ1n) is 9.72. The van der Waals surface area contributed by atoms with Crippen molar-refractivity contribution in [3.63, 3.8) is 0 Å². The summed E-state index contributed by atoms with van der Waals surface area (Å²) in [6.07, 6.45) is 0.